The Bertz CT molecular complexity index is 1020. The first-order valence-corrected chi connectivity index (χ1v) is 8.67. The van der Waals surface area contributed by atoms with Crippen LogP contribution in [0.1, 0.15) is 24.1 Å². The van der Waals surface area contributed by atoms with E-state index in [0.717, 1.165) is 39.1 Å². The molecule has 1 aromatic carbocycles. The number of benzene rings is 1. The van der Waals surface area contributed by atoms with Crippen LogP contribution in [-0.4, -0.2) is 15.0 Å². The molecule has 26 heavy (non-hydrogen) atoms. The fourth-order valence-corrected chi connectivity index (χ4v) is 3.05. The molecule has 0 spiro atoms. The molecule has 0 unspecified atom stereocenters. The molecule has 0 saturated carbocycles. The van der Waals surface area contributed by atoms with Crippen molar-refractivity contribution in [3.8, 4) is 11.1 Å². The number of nitrogens with two attached hydrogens (primary N) is 1. The Morgan fingerprint density at radius 2 is 2.08 bits per heavy atom. The summed E-state index contributed by atoms with van der Waals surface area (Å²) in [5.41, 5.74) is 11.4. The minimum atomic E-state index is 0.00155. The van der Waals surface area contributed by atoms with E-state index in [9.17, 15) is 0 Å². The van der Waals surface area contributed by atoms with E-state index in [1.165, 1.54) is 0 Å². The van der Waals surface area contributed by atoms with Gasteiger partial charge < -0.3 is 16.0 Å². The number of anilines is 1. The summed E-state index contributed by atoms with van der Waals surface area (Å²) in [5, 5.41) is 4.49. The third-order valence-electron chi connectivity index (χ3n) is 4.45. The Balaban J connectivity index is 1.72. The third kappa shape index (κ3) is 3.30. The van der Waals surface area contributed by atoms with Crippen LogP contribution in [0.3, 0.4) is 0 Å². The van der Waals surface area contributed by atoms with Crippen LogP contribution in [0.2, 0.25) is 0 Å². The number of H-pyrrole nitrogens is 1. The van der Waals surface area contributed by atoms with Gasteiger partial charge in [0.15, 0.2) is 0 Å². The van der Waals surface area contributed by atoms with E-state index in [1.807, 2.05) is 31.5 Å². The smallest absolute Gasteiger partial charge is 0.140 e. The third-order valence-corrected chi connectivity index (χ3v) is 4.45. The molecule has 0 amide bonds. The number of fused-ring (bicyclic) bond motifs is 1. The highest BCUT2D eigenvalue weighted by Crippen LogP contribution is 2.31. The largest absolute Gasteiger partial charge is 0.366 e. The van der Waals surface area contributed by atoms with Crippen LogP contribution >= 0.6 is 0 Å². The maximum Gasteiger partial charge on any atom is 0.140 e. The van der Waals surface area contributed by atoms with Crippen LogP contribution in [0, 0.1) is 0 Å². The maximum absolute atomic E-state index is 6.06. The SMILES string of the molecule is C[C@@H](N)c1cccc(-c2cc(NCc3cccnc3)nc3[nH]ccc23)c1. The lowest BCUT2D eigenvalue weighted by atomic mass is 9.99. The molecular formula is C21H21N5. The van der Waals surface area contributed by atoms with Gasteiger partial charge in [-0.25, -0.2) is 4.98 Å². The van der Waals surface area contributed by atoms with E-state index in [2.05, 4.69) is 56.7 Å². The molecule has 130 valence electrons. The lowest BCUT2D eigenvalue weighted by molar-refractivity contribution is 0.819. The van der Waals surface area contributed by atoms with Gasteiger partial charge in [0, 0.05) is 36.6 Å². The Morgan fingerprint density at radius 1 is 1.15 bits per heavy atom. The van der Waals surface area contributed by atoms with Gasteiger partial charge in [0.25, 0.3) is 0 Å². The van der Waals surface area contributed by atoms with Crippen LogP contribution in [0.25, 0.3) is 22.2 Å². The average Bonchev–Trinajstić information content (AvgIpc) is 3.15. The van der Waals surface area contributed by atoms with Crippen LogP contribution < -0.4 is 11.1 Å². The van der Waals surface area contributed by atoms with Gasteiger partial charge in [-0.15, -0.1) is 0 Å². The van der Waals surface area contributed by atoms with E-state index < -0.39 is 0 Å². The van der Waals surface area contributed by atoms with Crippen LogP contribution in [0.4, 0.5) is 5.82 Å². The standard InChI is InChI=1S/C21H21N5/c1-14(22)16-5-2-6-17(10-16)19-11-20(26-21-18(19)7-9-24-21)25-13-15-4-3-8-23-12-15/h2-12,14H,13,22H2,1H3,(H2,24,25,26)/t14-/m1/s1. The Labute approximate surface area is 152 Å². The summed E-state index contributed by atoms with van der Waals surface area (Å²) >= 11 is 0. The van der Waals surface area contributed by atoms with E-state index in [-0.39, 0.29) is 6.04 Å². The number of hydrogen-bond donors (Lipinski definition) is 3. The van der Waals surface area contributed by atoms with Crippen molar-refractivity contribution in [1.82, 2.24) is 15.0 Å². The van der Waals surface area contributed by atoms with Crippen LogP contribution in [-0.2, 0) is 6.54 Å². The van der Waals surface area contributed by atoms with Crippen molar-refractivity contribution in [3.05, 3.63) is 78.2 Å². The van der Waals surface area contributed by atoms with Gasteiger partial charge >= 0.3 is 0 Å². The average molecular weight is 343 g/mol. The molecule has 0 bridgehead atoms. The number of hydrogen-bond acceptors (Lipinski definition) is 4. The molecule has 1 atom stereocenters. The summed E-state index contributed by atoms with van der Waals surface area (Å²) in [7, 11) is 0. The highest BCUT2D eigenvalue weighted by atomic mass is 15.0. The molecule has 0 fully saturated rings. The van der Waals surface area contributed by atoms with Crippen molar-refractivity contribution < 1.29 is 0 Å². The molecule has 0 radical (unpaired) electrons. The second-order valence-electron chi connectivity index (χ2n) is 6.42. The van der Waals surface area contributed by atoms with Gasteiger partial charge in [-0.3, -0.25) is 4.98 Å². The molecule has 3 aromatic heterocycles. The Kier molecular flexibility index (Phi) is 4.37. The van der Waals surface area contributed by atoms with Gasteiger partial charge in [-0.2, -0.15) is 0 Å². The number of rotatable bonds is 5. The zero-order valence-electron chi connectivity index (χ0n) is 14.6. The molecule has 0 aliphatic rings. The molecule has 4 aromatic rings. The first kappa shape index (κ1) is 16.3. The Hall–Kier alpha value is -3.18. The molecule has 0 aliphatic carbocycles. The molecular weight excluding hydrogens is 322 g/mol. The van der Waals surface area contributed by atoms with Crippen molar-refractivity contribution in [2.75, 3.05) is 5.32 Å². The van der Waals surface area contributed by atoms with Crippen molar-refractivity contribution >= 4 is 16.9 Å². The number of nitrogens with zero attached hydrogens (tertiary/aromatic N) is 2. The molecule has 3 heterocycles. The predicted octanol–water partition coefficient (Wildman–Crippen LogP) is 4.26. The van der Waals surface area contributed by atoms with E-state index >= 15 is 0 Å². The van der Waals surface area contributed by atoms with Gasteiger partial charge in [0.1, 0.15) is 11.5 Å². The van der Waals surface area contributed by atoms with Gasteiger partial charge in [0.05, 0.1) is 0 Å². The van der Waals surface area contributed by atoms with Gasteiger partial charge in [-0.05, 0) is 53.4 Å². The first-order valence-electron chi connectivity index (χ1n) is 8.67. The van der Waals surface area contributed by atoms with Crippen molar-refractivity contribution in [1.29, 1.82) is 0 Å². The van der Waals surface area contributed by atoms with Crippen molar-refractivity contribution in [2.45, 2.75) is 19.5 Å². The quantitative estimate of drug-likeness (QED) is 0.506. The molecule has 0 aliphatic heterocycles. The number of aromatic nitrogens is 3. The lowest BCUT2D eigenvalue weighted by Gasteiger charge is -2.12. The normalized spacial score (nSPS) is 12.2. The first-order chi connectivity index (χ1) is 12.7. The van der Waals surface area contributed by atoms with Gasteiger partial charge in [-0.1, -0.05) is 24.3 Å². The van der Waals surface area contributed by atoms with E-state index in [4.69, 9.17) is 5.73 Å². The fourth-order valence-electron chi connectivity index (χ4n) is 3.05. The highest BCUT2D eigenvalue weighted by molar-refractivity contribution is 5.94. The number of pyridine rings is 2. The topological polar surface area (TPSA) is 79.6 Å². The number of nitrogens with one attached hydrogen (secondary N) is 2. The summed E-state index contributed by atoms with van der Waals surface area (Å²) in [6, 6.07) is 16.5. The second-order valence-corrected chi connectivity index (χ2v) is 6.42. The van der Waals surface area contributed by atoms with E-state index in [1.54, 1.807) is 6.20 Å². The summed E-state index contributed by atoms with van der Waals surface area (Å²) in [6.45, 7) is 2.67. The lowest BCUT2D eigenvalue weighted by Crippen LogP contribution is -2.05. The van der Waals surface area contributed by atoms with Crippen molar-refractivity contribution in [3.63, 3.8) is 0 Å². The molecule has 0 saturated heterocycles. The van der Waals surface area contributed by atoms with Crippen LogP contribution in [0.15, 0.2) is 67.1 Å². The molecule has 5 nitrogen and oxygen atoms in total. The molecule has 5 heteroatoms. The monoisotopic (exact) mass is 343 g/mol. The number of aromatic amines is 1. The second kappa shape index (κ2) is 6.98. The fraction of sp³-hybridized carbons (Fsp3) is 0.143. The summed E-state index contributed by atoms with van der Waals surface area (Å²) in [4.78, 5) is 12.1. The summed E-state index contributed by atoms with van der Waals surface area (Å²) < 4.78 is 0. The van der Waals surface area contributed by atoms with Crippen molar-refractivity contribution in [2.24, 2.45) is 5.73 Å². The van der Waals surface area contributed by atoms with Crippen LogP contribution in [0.5, 0.6) is 0 Å². The highest BCUT2D eigenvalue weighted by Gasteiger charge is 2.10. The minimum absolute atomic E-state index is 0.00155. The predicted molar refractivity (Wildman–Crippen MR) is 106 cm³/mol. The maximum atomic E-state index is 6.06. The minimum Gasteiger partial charge on any atom is -0.366 e. The molecule has 4 rings (SSSR count). The summed E-state index contributed by atoms with van der Waals surface area (Å²) in [5.74, 6) is 0.824. The van der Waals surface area contributed by atoms with Gasteiger partial charge in [0.2, 0.25) is 0 Å². The Morgan fingerprint density at radius 3 is 2.88 bits per heavy atom. The zero-order valence-corrected chi connectivity index (χ0v) is 14.6. The zero-order chi connectivity index (χ0) is 17.9. The van der Waals surface area contributed by atoms with E-state index in [0.29, 0.717) is 6.54 Å². The molecule has 4 N–H and O–H groups in total. The summed E-state index contributed by atoms with van der Waals surface area (Å²) in [6.07, 6.45) is 5.55.